The maximum atomic E-state index is 12.4. The molecule has 0 fully saturated rings. The van der Waals surface area contributed by atoms with E-state index in [1.165, 1.54) is 17.4 Å². The molecule has 0 radical (unpaired) electrons. The van der Waals surface area contributed by atoms with E-state index >= 15 is 0 Å². The minimum atomic E-state index is -3.30. The molecule has 0 saturated heterocycles. The quantitative estimate of drug-likeness (QED) is 0.497. The van der Waals surface area contributed by atoms with Crippen molar-refractivity contribution in [2.45, 2.75) is 4.90 Å². The van der Waals surface area contributed by atoms with Crippen LogP contribution in [-0.2, 0) is 9.84 Å². The number of benzene rings is 2. The molecular formula is C17H11BrN2O4S2. The second-order valence-electron chi connectivity index (χ2n) is 5.67. The van der Waals surface area contributed by atoms with Crippen LogP contribution in [0, 0.1) is 0 Å². The van der Waals surface area contributed by atoms with E-state index in [1.807, 2.05) is 12.1 Å². The lowest BCUT2D eigenvalue weighted by Crippen LogP contribution is -2.10. The third-order valence-electron chi connectivity index (χ3n) is 3.71. The van der Waals surface area contributed by atoms with Gasteiger partial charge in [-0.05, 0) is 42.5 Å². The largest absolute Gasteiger partial charge is 0.451 e. The highest BCUT2D eigenvalue weighted by Gasteiger charge is 2.16. The van der Waals surface area contributed by atoms with Crippen LogP contribution in [-0.4, -0.2) is 25.6 Å². The highest BCUT2D eigenvalue weighted by molar-refractivity contribution is 9.10. The molecule has 1 N–H and O–H groups in total. The minimum Gasteiger partial charge on any atom is -0.451 e. The summed E-state index contributed by atoms with van der Waals surface area (Å²) >= 11 is 4.58. The summed E-state index contributed by atoms with van der Waals surface area (Å²) in [5.74, 6) is -0.242. The van der Waals surface area contributed by atoms with Crippen LogP contribution in [0.1, 0.15) is 10.6 Å². The first-order valence-electron chi connectivity index (χ1n) is 7.41. The highest BCUT2D eigenvalue weighted by Crippen LogP contribution is 2.29. The topological polar surface area (TPSA) is 89.3 Å². The molecule has 9 heteroatoms. The van der Waals surface area contributed by atoms with Crippen LogP contribution in [0.2, 0.25) is 0 Å². The zero-order chi connectivity index (χ0) is 18.5. The van der Waals surface area contributed by atoms with Crippen LogP contribution in [0.4, 0.5) is 5.13 Å². The van der Waals surface area contributed by atoms with Crippen molar-refractivity contribution in [2.24, 2.45) is 0 Å². The molecule has 2 aromatic carbocycles. The van der Waals surface area contributed by atoms with Crippen LogP contribution >= 0.6 is 27.3 Å². The van der Waals surface area contributed by atoms with Gasteiger partial charge in [0.05, 0.1) is 15.1 Å². The van der Waals surface area contributed by atoms with Crippen molar-refractivity contribution >= 4 is 69.3 Å². The number of sulfone groups is 1. The van der Waals surface area contributed by atoms with E-state index in [0.717, 1.165) is 16.1 Å². The molecule has 0 bridgehead atoms. The number of carbonyl (C=O) groups is 1. The second kappa shape index (κ2) is 6.19. The fourth-order valence-corrected chi connectivity index (χ4v) is 4.47. The van der Waals surface area contributed by atoms with Crippen molar-refractivity contribution in [3.05, 3.63) is 52.7 Å². The Morgan fingerprint density at radius 3 is 2.77 bits per heavy atom. The lowest BCUT2D eigenvalue weighted by molar-refractivity contribution is 0.0998. The van der Waals surface area contributed by atoms with Gasteiger partial charge in [-0.1, -0.05) is 27.3 Å². The summed E-state index contributed by atoms with van der Waals surface area (Å²) in [5.41, 5.74) is 1.23. The number of nitrogens with one attached hydrogen (secondary N) is 1. The summed E-state index contributed by atoms with van der Waals surface area (Å²) in [7, 11) is -3.30. The van der Waals surface area contributed by atoms with E-state index in [2.05, 4.69) is 26.2 Å². The molecular weight excluding hydrogens is 440 g/mol. The van der Waals surface area contributed by atoms with Gasteiger partial charge >= 0.3 is 0 Å². The summed E-state index contributed by atoms with van der Waals surface area (Å²) in [6.07, 6.45) is 1.15. The average molecular weight is 451 g/mol. The number of furan rings is 1. The van der Waals surface area contributed by atoms with Crippen LogP contribution in [0.25, 0.3) is 21.2 Å². The van der Waals surface area contributed by atoms with Gasteiger partial charge in [0.1, 0.15) is 5.58 Å². The van der Waals surface area contributed by atoms with Gasteiger partial charge in [0.25, 0.3) is 5.91 Å². The molecule has 0 aliphatic rings. The monoisotopic (exact) mass is 450 g/mol. The van der Waals surface area contributed by atoms with Crippen LogP contribution in [0.5, 0.6) is 0 Å². The van der Waals surface area contributed by atoms with Crippen molar-refractivity contribution in [3.8, 4) is 0 Å². The molecule has 132 valence electrons. The Balaban J connectivity index is 1.64. The van der Waals surface area contributed by atoms with Crippen LogP contribution in [0.3, 0.4) is 0 Å². The maximum Gasteiger partial charge on any atom is 0.293 e. The molecule has 0 unspecified atom stereocenters. The third-order valence-corrected chi connectivity index (χ3v) is 6.25. The molecule has 4 aromatic rings. The second-order valence-corrected chi connectivity index (χ2v) is 9.63. The van der Waals surface area contributed by atoms with Gasteiger partial charge in [0, 0.05) is 16.1 Å². The maximum absolute atomic E-state index is 12.4. The Morgan fingerprint density at radius 1 is 1.19 bits per heavy atom. The molecule has 2 heterocycles. The van der Waals surface area contributed by atoms with Crippen LogP contribution in [0.15, 0.2) is 56.2 Å². The van der Waals surface area contributed by atoms with Crippen molar-refractivity contribution in [2.75, 3.05) is 11.6 Å². The highest BCUT2D eigenvalue weighted by atomic mass is 79.9. The van der Waals surface area contributed by atoms with Crippen molar-refractivity contribution < 1.29 is 17.6 Å². The van der Waals surface area contributed by atoms with Crippen molar-refractivity contribution in [1.29, 1.82) is 0 Å². The number of anilines is 1. The molecule has 0 aliphatic carbocycles. The number of rotatable bonds is 3. The summed E-state index contributed by atoms with van der Waals surface area (Å²) in [5, 5.41) is 3.88. The summed E-state index contributed by atoms with van der Waals surface area (Å²) in [6, 6.07) is 11.8. The Morgan fingerprint density at radius 2 is 2.00 bits per heavy atom. The van der Waals surface area contributed by atoms with E-state index in [-0.39, 0.29) is 10.7 Å². The summed E-state index contributed by atoms with van der Waals surface area (Å²) in [6.45, 7) is 0. The predicted octanol–water partition coefficient (Wildman–Crippen LogP) is 4.46. The fourth-order valence-electron chi connectivity index (χ4n) is 2.47. The van der Waals surface area contributed by atoms with Crippen molar-refractivity contribution in [1.82, 2.24) is 4.98 Å². The molecule has 0 saturated carbocycles. The van der Waals surface area contributed by atoms with Gasteiger partial charge in [-0.3, -0.25) is 10.1 Å². The lowest BCUT2D eigenvalue weighted by Gasteiger charge is -1.96. The zero-order valence-corrected chi connectivity index (χ0v) is 16.5. The summed E-state index contributed by atoms with van der Waals surface area (Å²) in [4.78, 5) is 17.0. The van der Waals surface area contributed by atoms with Gasteiger partial charge in [0.2, 0.25) is 0 Å². The summed E-state index contributed by atoms with van der Waals surface area (Å²) < 4.78 is 30.4. The Hall–Kier alpha value is -2.23. The van der Waals surface area contributed by atoms with Gasteiger partial charge in [0.15, 0.2) is 20.7 Å². The van der Waals surface area contributed by atoms with E-state index in [0.29, 0.717) is 20.9 Å². The number of thiazole rings is 1. The smallest absolute Gasteiger partial charge is 0.293 e. The first kappa shape index (κ1) is 17.2. The number of nitrogens with zero attached hydrogens (tertiary/aromatic N) is 1. The minimum absolute atomic E-state index is 0.175. The zero-order valence-electron chi connectivity index (χ0n) is 13.3. The number of hydrogen-bond donors (Lipinski definition) is 1. The molecule has 26 heavy (non-hydrogen) atoms. The Bertz CT molecular complexity index is 1270. The molecule has 0 atom stereocenters. The SMILES string of the molecule is CS(=O)(=O)c1ccc2nc(NC(=O)c3cc4cc(Br)ccc4o3)sc2c1. The first-order valence-corrected chi connectivity index (χ1v) is 10.9. The average Bonchev–Trinajstić information content (AvgIpc) is 3.15. The van der Waals surface area contributed by atoms with E-state index < -0.39 is 15.7 Å². The molecule has 1 amide bonds. The fraction of sp³-hybridized carbons (Fsp3) is 0.0588. The molecule has 2 aromatic heterocycles. The Kier molecular flexibility index (Phi) is 4.09. The number of hydrogen-bond acceptors (Lipinski definition) is 6. The van der Waals surface area contributed by atoms with E-state index in [4.69, 9.17) is 4.42 Å². The molecule has 0 aliphatic heterocycles. The number of carbonyl (C=O) groups excluding carboxylic acids is 1. The van der Waals surface area contributed by atoms with E-state index in [1.54, 1.807) is 24.3 Å². The molecule has 6 nitrogen and oxygen atoms in total. The molecule has 0 spiro atoms. The van der Waals surface area contributed by atoms with Gasteiger partial charge in [-0.25, -0.2) is 13.4 Å². The van der Waals surface area contributed by atoms with Crippen LogP contribution < -0.4 is 5.32 Å². The number of fused-ring (bicyclic) bond motifs is 2. The molecule has 4 rings (SSSR count). The Labute approximate surface area is 160 Å². The van der Waals surface area contributed by atoms with Gasteiger partial charge in [-0.2, -0.15) is 0 Å². The third kappa shape index (κ3) is 3.25. The lowest BCUT2D eigenvalue weighted by atomic mass is 10.2. The van der Waals surface area contributed by atoms with Gasteiger partial charge in [-0.15, -0.1) is 0 Å². The normalized spacial score (nSPS) is 11.9. The number of amides is 1. The standard InChI is InChI=1S/C17H11BrN2O4S2/c1-26(22,23)11-3-4-12-15(8-11)25-17(19-12)20-16(21)14-7-9-6-10(18)2-5-13(9)24-14/h2-8H,1H3,(H,19,20,21). The number of aromatic nitrogens is 1. The predicted molar refractivity (Wildman–Crippen MR) is 105 cm³/mol. The van der Waals surface area contributed by atoms with Crippen molar-refractivity contribution in [3.63, 3.8) is 0 Å². The number of halogens is 1. The van der Waals surface area contributed by atoms with E-state index in [9.17, 15) is 13.2 Å². The first-order chi connectivity index (χ1) is 12.3. The van der Waals surface area contributed by atoms with Gasteiger partial charge < -0.3 is 4.42 Å².